The van der Waals surface area contributed by atoms with Crippen molar-refractivity contribution in [1.82, 2.24) is 25.6 Å². The van der Waals surface area contributed by atoms with Gasteiger partial charge in [0.25, 0.3) is 5.95 Å². The van der Waals surface area contributed by atoms with Gasteiger partial charge >= 0.3 is 0 Å². The molecule has 0 aliphatic rings. The number of hydrazine groups is 1. The molecule has 0 radical (unpaired) electrons. The van der Waals surface area contributed by atoms with Gasteiger partial charge in [0, 0.05) is 17.4 Å². The van der Waals surface area contributed by atoms with Gasteiger partial charge in [0.1, 0.15) is 5.52 Å². The zero-order chi connectivity index (χ0) is 14.8. The maximum atomic E-state index is 4.44. The lowest BCUT2D eigenvalue weighted by molar-refractivity contribution is 0.780. The van der Waals surface area contributed by atoms with Crippen LogP contribution in [0.3, 0.4) is 0 Å². The van der Waals surface area contributed by atoms with Crippen LogP contribution in [0.4, 0.5) is 5.95 Å². The third-order valence-electron chi connectivity index (χ3n) is 3.46. The molecule has 0 spiro atoms. The van der Waals surface area contributed by atoms with Crippen LogP contribution < -0.4 is 10.9 Å². The molecule has 3 N–H and O–H groups in total. The second kappa shape index (κ2) is 5.42. The third kappa shape index (κ3) is 2.36. The molecular formula is C16H14N6. The predicted molar refractivity (Wildman–Crippen MR) is 86.1 cm³/mol. The van der Waals surface area contributed by atoms with Gasteiger partial charge in [-0.2, -0.15) is 4.98 Å². The molecular weight excluding hydrogens is 276 g/mol. The van der Waals surface area contributed by atoms with E-state index in [4.69, 9.17) is 0 Å². The number of anilines is 1. The smallest absolute Gasteiger partial charge is 0.259 e. The van der Waals surface area contributed by atoms with Crippen molar-refractivity contribution < 1.29 is 0 Å². The van der Waals surface area contributed by atoms with Gasteiger partial charge < -0.3 is 4.98 Å². The molecule has 2 heterocycles. The highest BCUT2D eigenvalue weighted by Crippen LogP contribution is 2.21. The van der Waals surface area contributed by atoms with E-state index in [-0.39, 0.29) is 0 Å². The Morgan fingerprint density at radius 3 is 2.64 bits per heavy atom. The number of nitrogens with zero attached hydrogens (tertiary/aromatic N) is 3. The van der Waals surface area contributed by atoms with Crippen molar-refractivity contribution in [2.45, 2.75) is 6.54 Å². The van der Waals surface area contributed by atoms with Crippen LogP contribution in [0, 0.1) is 0 Å². The van der Waals surface area contributed by atoms with Crippen molar-refractivity contribution in [3.05, 3.63) is 60.2 Å². The molecule has 6 nitrogen and oxygen atoms in total. The fourth-order valence-corrected chi connectivity index (χ4v) is 2.39. The van der Waals surface area contributed by atoms with Crippen LogP contribution in [0.25, 0.3) is 22.1 Å². The fourth-order valence-electron chi connectivity index (χ4n) is 2.39. The lowest BCUT2D eigenvalue weighted by atomic mass is 10.2. The monoisotopic (exact) mass is 290 g/mol. The average molecular weight is 290 g/mol. The maximum Gasteiger partial charge on any atom is 0.259 e. The molecule has 0 amide bonds. The molecule has 0 saturated heterocycles. The molecule has 0 bridgehead atoms. The molecule has 0 unspecified atom stereocenters. The Balaban J connectivity index is 1.54. The van der Waals surface area contributed by atoms with Gasteiger partial charge in [0.2, 0.25) is 0 Å². The number of rotatable bonds is 4. The van der Waals surface area contributed by atoms with Gasteiger partial charge in [0.05, 0.1) is 0 Å². The van der Waals surface area contributed by atoms with E-state index in [9.17, 15) is 0 Å². The van der Waals surface area contributed by atoms with Crippen molar-refractivity contribution in [1.29, 1.82) is 0 Å². The second-order valence-corrected chi connectivity index (χ2v) is 4.97. The van der Waals surface area contributed by atoms with Crippen LogP contribution in [0.5, 0.6) is 0 Å². The highest BCUT2D eigenvalue weighted by atomic mass is 15.4. The lowest BCUT2D eigenvalue weighted by Gasteiger charge is -2.05. The first-order valence-corrected chi connectivity index (χ1v) is 7.04. The van der Waals surface area contributed by atoms with Gasteiger partial charge in [-0.1, -0.05) is 48.5 Å². The number of H-pyrrole nitrogens is 1. The van der Waals surface area contributed by atoms with E-state index in [2.05, 4.69) is 43.1 Å². The number of hydrogen-bond donors (Lipinski definition) is 3. The molecule has 0 aliphatic heterocycles. The van der Waals surface area contributed by atoms with E-state index in [0.29, 0.717) is 12.5 Å². The summed E-state index contributed by atoms with van der Waals surface area (Å²) in [7, 11) is 0. The predicted octanol–water partition coefficient (Wildman–Crippen LogP) is 2.62. The normalized spacial score (nSPS) is 11.1. The van der Waals surface area contributed by atoms with Gasteiger partial charge in [-0.15, -0.1) is 10.2 Å². The van der Waals surface area contributed by atoms with Crippen LogP contribution in [0.15, 0.2) is 54.6 Å². The quantitative estimate of drug-likeness (QED) is 0.504. The topological polar surface area (TPSA) is 78.5 Å². The van der Waals surface area contributed by atoms with Crippen LogP contribution in [-0.2, 0) is 6.54 Å². The molecule has 0 aliphatic carbocycles. The van der Waals surface area contributed by atoms with Crippen molar-refractivity contribution in [2.24, 2.45) is 0 Å². The summed E-state index contributed by atoms with van der Waals surface area (Å²) in [5.41, 5.74) is 9.75. The Labute approximate surface area is 126 Å². The molecule has 2 aromatic heterocycles. The van der Waals surface area contributed by atoms with Crippen molar-refractivity contribution in [3.8, 4) is 0 Å². The number of aromatic nitrogens is 4. The first-order chi connectivity index (χ1) is 10.9. The van der Waals surface area contributed by atoms with Gasteiger partial charge in [0.15, 0.2) is 5.65 Å². The number of nitrogens with one attached hydrogen (secondary N) is 3. The minimum absolute atomic E-state index is 0.440. The van der Waals surface area contributed by atoms with Crippen molar-refractivity contribution in [2.75, 3.05) is 5.43 Å². The summed E-state index contributed by atoms with van der Waals surface area (Å²) >= 11 is 0. The summed E-state index contributed by atoms with van der Waals surface area (Å²) in [6, 6.07) is 18.1. The summed E-state index contributed by atoms with van der Waals surface area (Å²) in [6.07, 6.45) is 0. The standard InChI is InChI=1S/C16H14N6/c1-2-6-11(7-3-1)10-17-21-16-19-15-14(20-22-16)12-8-4-5-9-13(12)18-15/h1-9,17H,10H2,(H2,18,19,21,22). The van der Waals surface area contributed by atoms with Crippen molar-refractivity contribution >= 4 is 28.0 Å². The molecule has 4 aromatic rings. The number of fused-ring (bicyclic) bond motifs is 3. The zero-order valence-corrected chi connectivity index (χ0v) is 11.7. The summed E-state index contributed by atoms with van der Waals surface area (Å²) in [6.45, 7) is 0.676. The summed E-state index contributed by atoms with van der Waals surface area (Å²) < 4.78 is 0. The fraction of sp³-hybridized carbons (Fsp3) is 0.0625. The van der Waals surface area contributed by atoms with Gasteiger partial charge in [-0.25, -0.2) is 5.43 Å². The minimum atomic E-state index is 0.440. The van der Waals surface area contributed by atoms with E-state index in [1.165, 1.54) is 5.56 Å². The molecule has 22 heavy (non-hydrogen) atoms. The molecule has 4 rings (SSSR count). The Bertz CT molecular complexity index is 916. The Morgan fingerprint density at radius 2 is 1.73 bits per heavy atom. The third-order valence-corrected chi connectivity index (χ3v) is 3.46. The van der Waals surface area contributed by atoms with E-state index in [0.717, 1.165) is 22.1 Å². The second-order valence-electron chi connectivity index (χ2n) is 4.97. The number of para-hydroxylation sites is 1. The molecule has 6 heteroatoms. The highest BCUT2D eigenvalue weighted by molar-refractivity contribution is 6.03. The lowest BCUT2D eigenvalue weighted by Crippen LogP contribution is -2.22. The van der Waals surface area contributed by atoms with Crippen LogP contribution in [0.2, 0.25) is 0 Å². The Kier molecular flexibility index (Phi) is 3.14. The Morgan fingerprint density at radius 1 is 0.909 bits per heavy atom. The number of hydrogen-bond acceptors (Lipinski definition) is 5. The molecule has 0 saturated carbocycles. The molecule has 0 atom stereocenters. The number of aromatic amines is 1. The van der Waals surface area contributed by atoms with E-state index in [1.54, 1.807) is 0 Å². The highest BCUT2D eigenvalue weighted by Gasteiger charge is 2.08. The Hall–Kier alpha value is -2.99. The largest absolute Gasteiger partial charge is 0.338 e. The summed E-state index contributed by atoms with van der Waals surface area (Å²) in [4.78, 5) is 7.69. The zero-order valence-electron chi connectivity index (χ0n) is 11.7. The molecule has 0 fully saturated rings. The van der Waals surface area contributed by atoms with Crippen LogP contribution >= 0.6 is 0 Å². The van der Waals surface area contributed by atoms with Crippen LogP contribution in [0.1, 0.15) is 5.56 Å². The van der Waals surface area contributed by atoms with Crippen LogP contribution in [-0.4, -0.2) is 20.2 Å². The SMILES string of the molecule is c1ccc(CNNc2nnc3c(n2)[nH]c2ccccc23)cc1. The minimum Gasteiger partial charge on any atom is -0.338 e. The first kappa shape index (κ1) is 12.7. The van der Waals surface area contributed by atoms with E-state index in [1.807, 2.05) is 42.5 Å². The van der Waals surface area contributed by atoms with E-state index < -0.39 is 0 Å². The number of benzene rings is 2. The molecule has 2 aromatic carbocycles. The molecule has 108 valence electrons. The van der Waals surface area contributed by atoms with E-state index >= 15 is 0 Å². The van der Waals surface area contributed by atoms with Gasteiger partial charge in [-0.3, -0.25) is 5.43 Å². The van der Waals surface area contributed by atoms with Crippen molar-refractivity contribution in [3.63, 3.8) is 0 Å². The first-order valence-electron chi connectivity index (χ1n) is 7.04. The summed E-state index contributed by atoms with van der Waals surface area (Å²) in [5.74, 6) is 0.440. The average Bonchev–Trinajstić information content (AvgIpc) is 2.93. The maximum absolute atomic E-state index is 4.44. The van der Waals surface area contributed by atoms with Gasteiger partial charge in [-0.05, 0) is 11.6 Å². The summed E-state index contributed by atoms with van der Waals surface area (Å²) in [5, 5.41) is 9.38.